The normalized spacial score (nSPS) is 16.5. The lowest BCUT2D eigenvalue weighted by molar-refractivity contribution is -0.399. The molecule has 1 spiro atoms. The first-order valence-electron chi connectivity index (χ1n) is 14.7. The monoisotopic (exact) mass is 669 g/mol. The van der Waals surface area contributed by atoms with Gasteiger partial charge in [0.25, 0.3) is 0 Å². The number of anilines is 2. The summed E-state index contributed by atoms with van der Waals surface area (Å²) in [5.74, 6) is -20.8. The summed E-state index contributed by atoms with van der Waals surface area (Å²) in [7, 11) is 0. The van der Waals surface area contributed by atoms with Crippen LogP contribution in [0.5, 0.6) is 5.75 Å². The standard InChI is InChI=1S/C32H28F9N5O/c1-17(2)14-45-26-27(44-22-11-6-5-10-21(22)43-26)46(15-18(3)4)28(45)16-42-25-23(47-28)13-12-19-8-7-9-20(24(19)25)29(33,34)30(35,36)31(37,38)32(39,40)41/h5-13,16-18H,14-15H2,1-4H3. The van der Waals surface area contributed by atoms with Crippen LogP contribution in [0.2, 0.25) is 0 Å². The van der Waals surface area contributed by atoms with Gasteiger partial charge >= 0.3 is 29.8 Å². The number of fused-ring (bicyclic) bond motifs is 5. The molecule has 0 fully saturated rings. The maximum absolute atomic E-state index is 15.4. The molecule has 0 aliphatic carbocycles. The summed E-state index contributed by atoms with van der Waals surface area (Å²) in [5, 5.41) is -0.923. The second kappa shape index (κ2) is 10.6. The Balaban J connectivity index is 1.56. The van der Waals surface area contributed by atoms with Crippen molar-refractivity contribution in [3.8, 4) is 5.75 Å². The Bertz CT molecular complexity index is 1830. The van der Waals surface area contributed by atoms with Crippen molar-refractivity contribution in [1.29, 1.82) is 0 Å². The average molecular weight is 670 g/mol. The summed E-state index contributed by atoms with van der Waals surface area (Å²) in [5.41, 5.74) is -1.03. The van der Waals surface area contributed by atoms with Gasteiger partial charge in [0, 0.05) is 24.0 Å². The van der Waals surface area contributed by atoms with Crippen LogP contribution in [0.25, 0.3) is 21.8 Å². The molecule has 6 rings (SSSR count). The second-order valence-corrected chi connectivity index (χ2v) is 12.4. The fourth-order valence-corrected chi connectivity index (χ4v) is 5.90. The Morgan fingerprint density at radius 1 is 0.702 bits per heavy atom. The number of hydrogen-bond acceptors (Lipinski definition) is 6. The topological polar surface area (TPSA) is 53.9 Å². The summed E-state index contributed by atoms with van der Waals surface area (Å²) in [6.07, 6.45) is -5.69. The van der Waals surface area contributed by atoms with Crippen LogP contribution in [0.4, 0.5) is 56.8 Å². The second-order valence-electron chi connectivity index (χ2n) is 12.4. The molecule has 1 aromatic heterocycles. The zero-order chi connectivity index (χ0) is 34.3. The van der Waals surface area contributed by atoms with Crippen molar-refractivity contribution in [3.63, 3.8) is 0 Å². The predicted octanol–water partition coefficient (Wildman–Crippen LogP) is 9.09. The van der Waals surface area contributed by atoms with Crippen molar-refractivity contribution in [2.45, 2.75) is 57.5 Å². The van der Waals surface area contributed by atoms with Crippen molar-refractivity contribution in [1.82, 2.24) is 9.97 Å². The average Bonchev–Trinajstić information content (AvgIpc) is 3.20. The van der Waals surface area contributed by atoms with Gasteiger partial charge in [0.15, 0.2) is 17.4 Å². The van der Waals surface area contributed by atoms with E-state index in [1.807, 2.05) is 27.7 Å². The maximum Gasteiger partial charge on any atom is 0.460 e. The highest BCUT2D eigenvalue weighted by Crippen LogP contribution is 2.59. The third-order valence-corrected chi connectivity index (χ3v) is 8.00. The minimum absolute atomic E-state index is 0.0184. The molecule has 0 saturated heterocycles. The number of ether oxygens (including phenoxy) is 1. The first kappa shape index (κ1) is 32.6. The van der Waals surface area contributed by atoms with Gasteiger partial charge in [-0.05, 0) is 35.4 Å². The minimum Gasteiger partial charge on any atom is -0.442 e. The summed E-state index contributed by atoms with van der Waals surface area (Å²) < 4.78 is 133. The van der Waals surface area contributed by atoms with Crippen LogP contribution in [-0.2, 0) is 5.92 Å². The highest BCUT2D eigenvalue weighted by atomic mass is 19.4. The molecule has 0 saturated carbocycles. The van der Waals surface area contributed by atoms with Crippen molar-refractivity contribution >= 4 is 45.3 Å². The number of para-hydroxylation sites is 2. The number of rotatable bonds is 7. The molecule has 0 atom stereocenters. The molecule has 0 amide bonds. The van der Waals surface area contributed by atoms with E-state index in [1.165, 1.54) is 24.4 Å². The van der Waals surface area contributed by atoms with E-state index < -0.39 is 46.4 Å². The number of hydrogen-bond donors (Lipinski definition) is 0. The summed E-state index contributed by atoms with van der Waals surface area (Å²) in [6.45, 7) is 8.45. The van der Waals surface area contributed by atoms with Crippen LogP contribution in [0.15, 0.2) is 59.6 Å². The zero-order valence-electron chi connectivity index (χ0n) is 25.4. The third-order valence-electron chi connectivity index (χ3n) is 8.00. The molecule has 15 heteroatoms. The van der Waals surface area contributed by atoms with Gasteiger partial charge in [-0.1, -0.05) is 64.1 Å². The zero-order valence-corrected chi connectivity index (χ0v) is 25.4. The van der Waals surface area contributed by atoms with Crippen LogP contribution >= 0.6 is 0 Å². The Hall–Kier alpha value is -4.30. The van der Waals surface area contributed by atoms with E-state index in [2.05, 4.69) is 4.99 Å². The van der Waals surface area contributed by atoms with Crippen molar-refractivity contribution in [2.75, 3.05) is 22.9 Å². The van der Waals surface area contributed by atoms with E-state index in [4.69, 9.17) is 14.7 Å². The van der Waals surface area contributed by atoms with Gasteiger partial charge in [-0.25, -0.2) is 15.0 Å². The first-order chi connectivity index (χ1) is 21.8. The largest absolute Gasteiger partial charge is 0.460 e. The molecule has 0 bridgehead atoms. The molecule has 0 radical (unpaired) electrons. The van der Waals surface area contributed by atoms with E-state index in [-0.39, 0.29) is 23.0 Å². The predicted molar refractivity (Wildman–Crippen MR) is 159 cm³/mol. The summed E-state index contributed by atoms with van der Waals surface area (Å²) >= 11 is 0. The van der Waals surface area contributed by atoms with Crippen molar-refractivity contribution in [2.24, 2.45) is 16.8 Å². The number of aromatic nitrogens is 2. The fraction of sp³-hybridized carbons (Fsp3) is 0.406. The number of nitrogens with zero attached hydrogens (tertiary/aromatic N) is 5. The maximum atomic E-state index is 15.4. The van der Waals surface area contributed by atoms with E-state index in [0.29, 0.717) is 41.8 Å². The lowest BCUT2D eigenvalue weighted by Crippen LogP contribution is -2.65. The van der Waals surface area contributed by atoms with Gasteiger partial charge in [0.2, 0.25) is 0 Å². The van der Waals surface area contributed by atoms with Crippen LogP contribution in [-0.4, -0.2) is 53.1 Å². The smallest absolute Gasteiger partial charge is 0.442 e. The van der Waals surface area contributed by atoms with Gasteiger partial charge in [-0.2, -0.15) is 39.5 Å². The molecule has 4 aromatic rings. The number of benzene rings is 3. The molecule has 2 aliphatic heterocycles. The lowest BCUT2D eigenvalue weighted by atomic mass is 9.91. The van der Waals surface area contributed by atoms with E-state index in [9.17, 15) is 30.7 Å². The molecule has 2 aliphatic rings. The van der Waals surface area contributed by atoms with Gasteiger partial charge < -0.3 is 4.74 Å². The molecule has 6 nitrogen and oxygen atoms in total. The van der Waals surface area contributed by atoms with Crippen molar-refractivity contribution in [3.05, 3.63) is 60.2 Å². The van der Waals surface area contributed by atoms with Crippen molar-refractivity contribution < 1.29 is 44.3 Å². The first-order valence-corrected chi connectivity index (χ1v) is 14.7. The Morgan fingerprint density at radius 3 is 1.77 bits per heavy atom. The van der Waals surface area contributed by atoms with Gasteiger partial charge in [0.05, 0.1) is 17.2 Å². The molecule has 0 unspecified atom stereocenters. The number of alkyl halides is 9. The fourth-order valence-electron chi connectivity index (χ4n) is 5.90. The van der Waals surface area contributed by atoms with Crippen LogP contribution in [0.1, 0.15) is 33.3 Å². The molecule has 0 N–H and O–H groups in total. The van der Waals surface area contributed by atoms with Crippen LogP contribution < -0.4 is 14.5 Å². The highest BCUT2D eigenvalue weighted by molar-refractivity contribution is 6.03. The minimum atomic E-state index is -7.06. The molecular weight excluding hydrogens is 641 g/mol. The van der Waals surface area contributed by atoms with Crippen LogP contribution in [0, 0.1) is 11.8 Å². The Morgan fingerprint density at radius 2 is 1.26 bits per heavy atom. The van der Waals surface area contributed by atoms with E-state index >= 15 is 8.78 Å². The van der Waals surface area contributed by atoms with Gasteiger partial charge in [0.1, 0.15) is 5.69 Å². The Kier molecular flexibility index (Phi) is 7.36. The van der Waals surface area contributed by atoms with Gasteiger partial charge in [-0.3, -0.25) is 9.80 Å². The third kappa shape index (κ3) is 4.74. The van der Waals surface area contributed by atoms with Crippen LogP contribution in [0.3, 0.4) is 0 Å². The summed E-state index contributed by atoms with van der Waals surface area (Å²) in [6, 6.07) is 12.2. The Labute approximate surface area is 262 Å². The molecular formula is C32H28F9N5O. The highest BCUT2D eigenvalue weighted by Gasteiger charge is 2.82. The number of aliphatic imine (C=N–C) groups is 1. The van der Waals surface area contributed by atoms with E-state index in [0.717, 1.165) is 6.07 Å². The molecule has 3 aromatic carbocycles. The lowest BCUT2D eigenvalue weighted by Gasteiger charge is -2.44. The van der Waals surface area contributed by atoms with E-state index in [1.54, 1.807) is 34.1 Å². The molecule has 250 valence electrons. The number of halogens is 9. The SMILES string of the molecule is CC(C)CN1c2nc3ccccc3nc2N(CC(C)C)C12C=Nc1c(ccc3cccc(C(F)(F)C(F)(F)C(F)(F)C(F)(F)F)c13)O2. The quantitative estimate of drug-likeness (QED) is 0.184. The van der Waals surface area contributed by atoms with Gasteiger partial charge in [-0.15, -0.1) is 0 Å². The molecule has 47 heavy (non-hydrogen) atoms. The molecule has 3 heterocycles. The summed E-state index contributed by atoms with van der Waals surface area (Å²) in [4.78, 5) is 17.7.